The Hall–Kier alpha value is 0.960. The first-order valence-electron chi connectivity index (χ1n) is 0.960. The Morgan fingerprint density at radius 2 is 1.33 bits per heavy atom. The average Bonchev–Trinajstić information content (AvgIpc) is 1.41. The highest BCUT2D eigenvalue weighted by Gasteiger charge is 1.64. The fourth-order valence-corrected chi connectivity index (χ4v) is 0. The standard InChI is InChI=1S/CCl2S.CH3Cl/c2-1(3)4;1-2/h;1H3. The van der Waals surface area contributed by atoms with Gasteiger partial charge in [0, 0.05) is 6.38 Å². The van der Waals surface area contributed by atoms with Crippen LogP contribution in [0.1, 0.15) is 0 Å². The van der Waals surface area contributed by atoms with Gasteiger partial charge in [-0.3, -0.25) is 0 Å². The van der Waals surface area contributed by atoms with Crippen LogP contribution < -0.4 is 0 Å². The van der Waals surface area contributed by atoms with Gasteiger partial charge in [0.1, 0.15) is 0 Å². The quantitative estimate of drug-likeness (QED) is 0.302. The molecule has 0 spiro atoms. The van der Waals surface area contributed by atoms with Crippen LogP contribution in [-0.2, 0) is 0 Å². The lowest BCUT2D eigenvalue weighted by Gasteiger charge is -1.53. The molecule has 0 aromatic carbocycles. The second-order valence-corrected chi connectivity index (χ2v) is 2.03. The Morgan fingerprint density at radius 1 is 1.33 bits per heavy atom. The Labute approximate surface area is 57.4 Å². The lowest BCUT2D eigenvalue weighted by atomic mass is 11.9. The smallest absolute Gasteiger partial charge is 0.130 e. The van der Waals surface area contributed by atoms with E-state index < -0.39 is 0 Å². The van der Waals surface area contributed by atoms with Crippen molar-refractivity contribution in [3.63, 3.8) is 0 Å². The van der Waals surface area contributed by atoms with E-state index in [2.05, 4.69) is 23.8 Å². The first kappa shape index (κ1) is 10.0. The first-order chi connectivity index (χ1) is 2.73. The maximum Gasteiger partial charge on any atom is 0.169 e. The predicted molar refractivity (Wildman–Crippen MR) is 36.1 cm³/mol. The third-order valence-corrected chi connectivity index (χ3v) is 0. The van der Waals surface area contributed by atoms with Crippen molar-refractivity contribution in [2.75, 3.05) is 6.38 Å². The summed E-state index contributed by atoms with van der Waals surface area (Å²) in [5.41, 5.74) is 0. The summed E-state index contributed by atoms with van der Waals surface area (Å²) in [4.78, 5) is 0. The summed E-state index contributed by atoms with van der Waals surface area (Å²) >= 11 is 18.2. The summed E-state index contributed by atoms with van der Waals surface area (Å²) in [6, 6.07) is 0. The molecule has 0 atom stereocenters. The maximum absolute atomic E-state index is 4.77. The summed E-state index contributed by atoms with van der Waals surface area (Å²) in [6.07, 6.45) is 1.47. The van der Waals surface area contributed by atoms with E-state index in [4.69, 9.17) is 23.2 Å². The van der Waals surface area contributed by atoms with Gasteiger partial charge in [0.25, 0.3) is 0 Å². The molecule has 6 heavy (non-hydrogen) atoms. The van der Waals surface area contributed by atoms with Gasteiger partial charge in [-0.05, 0) is 0 Å². The maximum atomic E-state index is 4.77. The Balaban J connectivity index is 0. The summed E-state index contributed by atoms with van der Waals surface area (Å²) < 4.78 is -0.0556. The van der Waals surface area contributed by atoms with Crippen LogP contribution in [0.2, 0.25) is 0 Å². The van der Waals surface area contributed by atoms with Crippen molar-refractivity contribution in [1.82, 2.24) is 0 Å². The minimum atomic E-state index is -0.0556. The zero-order valence-electron chi connectivity index (χ0n) is 3.04. The van der Waals surface area contributed by atoms with Crippen LogP contribution in [0, 0.1) is 0 Å². The van der Waals surface area contributed by atoms with E-state index in [-0.39, 0.29) is 3.78 Å². The van der Waals surface area contributed by atoms with Crippen LogP contribution in [0.25, 0.3) is 0 Å². The molecule has 0 nitrogen and oxygen atoms in total. The molecule has 0 saturated carbocycles. The van der Waals surface area contributed by atoms with Crippen LogP contribution in [-0.4, -0.2) is 10.2 Å². The zero-order valence-corrected chi connectivity index (χ0v) is 6.13. The van der Waals surface area contributed by atoms with Crippen molar-refractivity contribution in [1.29, 1.82) is 0 Å². The minimum Gasteiger partial charge on any atom is -0.130 e. The summed E-state index contributed by atoms with van der Waals surface area (Å²) in [7, 11) is 0. The Morgan fingerprint density at radius 3 is 1.33 bits per heavy atom. The molecule has 0 aliphatic rings. The van der Waals surface area contributed by atoms with Crippen molar-refractivity contribution in [3.8, 4) is 0 Å². The molecule has 4 heteroatoms. The molecule has 0 unspecified atom stereocenters. The van der Waals surface area contributed by atoms with Crippen molar-refractivity contribution in [3.05, 3.63) is 0 Å². The molecule has 0 aliphatic heterocycles. The number of thiocarbonyl (C=S) groups is 1. The normalized spacial score (nSPS) is 5.33. The van der Waals surface area contributed by atoms with E-state index in [1.54, 1.807) is 0 Å². The Bertz CT molecular complexity index is 31.8. The summed E-state index contributed by atoms with van der Waals surface area (Å²) in [6.45, 7) is 0. The Kier molecular flexibility index (Phi) is 15.7. The average molecular weight is 165 g/mol. The van der Waals surface area contributed by atoms with Crippen LogP contribution >= 0.6 is 47.0 Å². The van der Waals surface area contributed by atoms with E-state index in [9.17, 15) is 0 Å². The summed E-state index contributed by atoms with van der Waals surface area (Å²) in [5.74, 6) is 0. The molecule has 0 radical (unpaired) electrons. The van der Waals surface area contributed by atoms with E-state index in [1.165, 1.54) is 6.38 Å². The fraction of sp³-hybridized carbons (Fsp3) is 0.500. The van der Waals surface area contributed by atoms with Crippen LogP contribution in [0.3, 0.4) is 0 Å². The lowest BCUT2D eigenvalue weighted by molar-refractivity contribution is 2.46. The van der Waals surface area contributed by atoms with E-state index in [0.717, 1.165) is 0 Å². The molecular formula is C2H3Cl3S. The number of halogens is 3. The highest BCUT2D eigenvalue weighted by atomic mass is 35.5. The van der Waals surface area contributed by atoms with Gasteiger partial charge in [-0.15, -0.1) is 11.6 Å². The van der Waals surface area contributed by atoms with Gasteiger partial charge in [0.2, 0.25) is 0 Å². The van der Waals surface area contributed by atoms with Gasteiger partial charge in [-0.2, -0.15) is 0 Å². The van der Waals surface area contributed by atoms with Gasteiger partial charge in [0.15, 0.2) is 3.78 Å². The molecule has 0 aromatic heterocycles. The SMILES string of the molecule is CCl.S=C(Cl)Cl. The van der Waals surface area contributed by atoms with Crippen molar-refractivity contribution < 1.29 is 0 Å². The summed E-state index contributed by atoms with van der Waals surface area (Å²) in [5, 5.41) is 0. The van der Waals surface area contributed by atoms with Crippen LogP contribution in [0.5, 0.6) is 0 Å². The van der Waals surface area contributed by atoms with Gasteiger partial charge in [-0.1, -0.05) is 35.4 Å². The van der Waals surface area contributed by atoms with Crippen molar-refractivity contribution in [2.24, 2.45) is 0 Å². The molecule has 0 bridgehead atoms. The third kappa shape index (κ3) is 84.4. The molecule has 0 rings (SSSR count). The van der Waals surface area contributed by atoms with Gasteiger partial charge < -0.3 is 0 Å². The minimum absolute atomic E-state index is 0.0556. The second-order valence-electron chi connectivity index (χ2n) is 0.226. The largest absolute Gasteiger partial charge is 0.169 e. The first-order valence-corrected chi connectivity index (χ1v) is 2.88. The molecule has 0 heterocycles. The monoisotopic (exact) mass is 164 g/mol. The second kappa shape index (κ2) is 9.35. The topological polar surface area (TPSA) is 0 Å². The third-order valence-electron chi connectivity index (χ3n) is 0. The number of rotatable bonds is 0. The predicted octanol–water partition coefficient (Wildman–Crippen LogP) is 2.60. The van der Waals surface area contributed by atoms with E-state index in [1.807, 2.05) is 0 Å². The van der Waals surface area contributed by atoms with Crippen molar-refractivity contribution >= 4 is 50.8 Å². The zero-order chi connectivity index (χ0) is 5.58. The van der Waals surface area contributed by atoms with E-state index >= 15 is 0 Å². The highest BCUT2D eigenvalue weighted by Crippen LogP contribution is 1.86. The molecule has 0 saturated heterocycles. The lowest BCUT2D eigenvalue weighted by Crippen LogP contribution is -1.45. The molecular weight excluding hydrogens is 162 g/mol. The fourth-order valence-electron chi connectivity index (χ4n) is 0. The number of hydrogen-bond acceptors (Lipinski definition) is 1. The van der Waals surface area contributed by atoms with Crippen LogP contribution in [0.15, 0.2) is 0 Å². The molecule has 38 valence electrons. The van der Waals surface area contributed by atoms with Gasteiger partial charge >= 0.3 is 0 Å². The molecule has 0 fully saturated rings. The molecule has 0 amide bonds. The van der Waals surface area contributed by atoms with E-state index in [0.29, 0.717) is 0 Å². The highest BCUT2D eigenvalue weighted by molar-refractivity contribution is 7.86. The molecule has 0 N–H and O–H groups in total. The molecule has 0 aliphatic carbocycles. The van der Waals surface area contributed by atoms with Gasteiger partial charge in [0.05, 0.1) is 0 Å². The van der Waals surface area contributed by atoms with Crippen molar-refractivity contribution in [2.45, 2.75) is 0 Å². The number of alkyl halides is 1. The van der Waals surface area contributed by atoms with Gasteiger partial charge in [-0.25, -0.2) is 0 Å². The number of hydrogen-bond donors (Lipinski definition) is 0. The van der Waals surface area contributed by atoms with Crippen LogP contribution in [0.4, 0.5) is 0 Å². The molecule has 0 aromatic rings.